The third kappa shape index (κ3) is 39.3. The largest absolute Gasteiger partial charge is 0.394 e. The summed E-state index contributed by atoms with van der Waals surface area (Å²) in [6.07, 6.45) is 53.6. The van der Waals surface area contributed by atoms with Crippen molar-refractivity contribution in [1.29, 1.82) is 0 Å². The number of hydrogen-bond donors (Lipinski definition) is 9. The zero-order valence-corrected chi connectivity index (χ0v) is 53.7. The maximum Gasteiger partial charge on any atom is 0.220 e. The number of ether oxygens (including phenoxy) is 4. The molecule has 0 aromatic rings. The van der Waals surface area contributed by atoms with E-state index in [1.807, 2.05) is 6.08 Å². The molecule has 0 radical (unpaired) electrons. The van der Waals surface area contributed by atoms with Crippen molar-refractivity contribution < 1.29 is 64.6 Å². The van der Waals surface area contributed by atoms with Gasteiger partial charge < -0.3 is 65.1 Å². The average Bonchev–Trinajstić information content (AvgIpc) is 3.16. The molecule has 0 aliphatic carbocycles. The van der Waals surface area contributed by atoms with Gasteiger partial charge in [-0.3, -0.25) is 4.79 Å². The Hall–Kier alpha value is -1.79. The number of carbonyl (C=O) groups is 1. The van der Waals surface area contributed by atoms with Crippen LogP contribution in [0.3, 0.4) is 0 Å². The van der Waals surface area contributed by atoms with Crippen LogP contribution in [0.15, 0.2) is 36.5 Å². The van der Waals surface area contributed by atoms with Crippen molar-refractivity contribution in [3.63, 3.8) is 0 Å². The highest BCUT2D eigenvalue weighted by Crippen LogP contribution is 2.30. The van der Waals surface area contributed by atoms with E-state index in [-0.39, 0.29) is 18.9 Å². The van der Waals surface area contributed by atoms with Crippen LogP contribution in [0.5, 0.6) is 0 Å². The summed E-state index contributed by atoms with van der Waals surface area (Å²) in [5.41, 5.74) is 0. The van der Waals surface area contributed by atoms with E-state index in [9.17, 15) is 45.6 Å². The monoisotopic (exact) mass is 1190 g/mol. The van der Waals surface area contributed by atoms with Crippen molar-refractivity contribution >= 4 is 5.91 Å². The van der Waals surface area contributed by atoms with E-state index in [1.54, 1.807) is 6.08 Å². The van der Waals surface area contributed by atoms with Crippen LogP contribution in [0.1, 0.15) is 309 Å². The van der Waals surface area contributed by atoms with Crippen LogP contribution in [0.25, 0.3) is 0 Å². The van der Waals surface area contributed by atoms with Gasteiger partial charge in [-0.1, -0.05) is 281 Å². The predicted octanol–water partition coefficient (Wildman–Crippen LogP) is 14.1. The minimum Gasteiger partial charge on any atom is -0.394 e. The lowest BCUT2D eigenvalue weighted by atomic mass is 9.97. The lowest BCUT2D eigenvalue weighted by Gasteiger charge is -2.46. The van der Waals surface area contributed by atoms with E-state index in [1.165, 1.54) is 238 Å². The molecule has 1 amide bonds. The lowest BCUT2D eigenvalue weighted by Crippen LogP contribution is -2.65. The second-order valence-electron chi connectivity index (χ2n) is 25.0. The topological polar surface area (TPSA) is 228 Å². The smallest absolute Gasteiger partial charge is 0.220 e. The third-order valence-electron chi connectivity index (χ3n) is 17.3. The molecule has 2 fully saturated rings. The Bertz CT molecular complexity index is 1550. The second-order valence-corrected chi connectivity index (χ2v) is 25.0. The number of nitrogens with one attached hydrogen (secondary N) is 1. The second kappa shape index (κ2) is 55.3. The van der Waals surface area contributed by atoms with Gasteiger partial charge in [-0.2, -0.15) is 0 Å². The normalized spacial score (nSPS) is 23.8. The van der Waals surface area contributed by atoms with Gasteiger partial charge in [0, 0.05) is 6.42 Å². The molecule has 494 valence electrons. The molecule has 0 aromatic heterocycles. The third-order valence-corrected chi connectivity index (χ3v) is 17.3. The number of amides is 1. The van der Waals surface area contributed by atoms with Crippen LogP contribution >= 0.6 is 0 Å². The summed E-state index contributed by atoms with van der Waals surface area (Å²) < 4.78 is 22.8. The molecule has 14 heteroatoms. The summed E-state index contributed by atoms with van der Waals surface area (Å²) in [7, 11) is 0. The van der Waals surface area contributed by atoms with Crippen LogP contribution in [0.4, 0.5) is 0 Å². The molecule has 0 saturated carbocycles. The van der Waals surface area contributed by atoms with E-state index in [0.29, 0.717) is 12.8 Å². The molecular weight excluding hydrogens is 1060 g/mol. The Morgan fingerprint density at radius 3 is 1.17 bits per heavy atom. The SMILES string of the molecule is CCCCCCCCC/C=C\CCCCCCCCCC(=O)NC(COC1OC(CO)C(OC2OC(CO)C(O)C(O)C2O)C(O)C1O)C(O)/C=C/CC/C=C/CCCCCCCCCCCCCCCCCCCCCCCCCCCC. The first-order valence-electron chi connectivity index (χ1n) is 35.2. The molecule has 12 unspecified atom stereocenters. The van der Waals surface area contributed by atoms with Crippen LogP contribution < -0.4 is 5.32 Å². The number of rotatable bonds is 58. The van der Waals surface area contributed by atoms with E-state index >= 15 is 0 Å². The van der Waals surface area contributed by atoms with Gasteiger partial charge in [0.15, 0.2) is 12.6 Å². The van der Waals surface area contributed by atoms with Crippen molar-refractivity contribution in [1.82, 2.24) is 5.32 Å². The molecule has 2 rings (SSSR count). The maximum atomic E-state index is 13.3. The van der Waals surface area contributed by atoms with E-state index in [4.69, 9.17) is 18.9 Å². The molecule has 9 N–H and O–H groups in total. The lowest BCUT2D eigenvalue weighted by molar-refractivity contribution is -0.359. The highest BCUT2D eigenvalue weighted by Gasteiger charge is 2.51. The number of hydrogen-bond acceptors (Lipinski definition) is 13. The van der Waals surface area contributed by atoms with Crippen molar-refractivity contribution in [2.75, 3.05) is 19.8 Å². The van der Waals surface area contributed by atoms with Gasteiger partial charge in [-0.05, 0) is 57.8 Å². The molecule has 14 nitrogen and oxygen atoms in total. The van der Waals surface area contributed by atoms with Crippen molar-refractivity contribution in [3.05, 3.63) is 36.5 Å². The quantitative estimate of drug-likeness (QED) is 0.0204. The summed E-state index contributed by atoms with van der Waals surface area (Å²) in [6, 6.07) is -0.934. The van der Waals surface area contributed by atoms with Gasteiger partial charge in [-0.15, -0.1) is 0 Å². The number of unbranched alkanes of at least 4 members (excludes halogenated alkanes) is 41. The van der Waals surface area contributed by atoms with Crippen LogP contribution in [0.2, 0.25) is 0 Å². The summed E-state index contributed by atoms with van der Waals surface area (Å²) in [6.45, 7) is 2.81. The maximum absolute atomic E-state index is 13.3. The zero-order valence-electron chi connectivity index (χ0n) is 53.7. The van der Waals surface area contributed by atoms with Gasteiger partial charge >= 0.3 is 0 Å². The minimum absolute atomic E-state index is 0.250. The molecule has 0 aromatic carbocycles. The fraction of sp³-hybridized carbons (Fsp3) is 0.900. The van der Waals surface area contributed by atoms with E-state index < -0.39 is 86.8 Å². The minimum atomic E-state index is -1.79. The zero-order chi connectivity index (χ0) is 60.9. The fourth-order valence-electron chi connectivity index (χ4n) is 11.7. The van der Waals surface area contributed by atoms with Crippen molar-refractivity contribution in [2.24, 2.45) is 0 Å². The Kier molecular flexibility index (Phi) is 51.5. The number of carbonyl (C=O) groups excluding carboxylic acids is 1. The van der Waals surface area contributed by atoms with Gasteiger partial charge in [0.2, 0.25) is 5.91 Å². The fourth-order valence-corrected chi connectivity index (χ4v) is 11.7. The van der Waals surface area contributed by atoms with Gasteiger partial charge in [-0.25, -0.2) is 0 Å². The van der Waals surface area contributed by atoms with E-state index in [2.05, 4.69) is 43.5 Å². The van der Waals surface area contributed by atoms with E-state index in [0.717, 1.165) is 38.5 Å². The molecule has 2 aliphatic rings. The standard InChI is InChI=1S/C70H131NO13/c1-3-5-7-9-11-13-15-17-19-21-23-24-25-26-27-28-29-30-31-32-33-34-35-36-37-39-41-43-45-47-49-51-53-59(74)58(71-62(75)54-52-50-48-46-44-42-40-38-22-20-18-16-14-12-10-8-6-4-2)57-81-69-67(80)65(78)68(61(56-73)83-69)84-70-66(79)64(77)63(76)60(55-72)82-70/h20,22,43,45,51,53,58-61,63-70,72-74,76-80H,3-19,21,23-42,44,46-50,52,54-57H2,1-2H3,(H,71,75)/b22-20-,45-43+,53-51+. The summed E-state index contributed by atoms with van der Waals surface area (Å²) in [4.78, 5) is 13.3. The first kappa shape index (κ1) is 78.3. The number of aliphatic hydroxyl groups excluding tert-OH is 8. The average molecular weight is 1190 g/mol. The molecule has 2 saturated heterocycles. The van der Waals surface area contributed by atoms with Gasteiger partial charge in [0.25, 0.3) is 0 Å². The first-order chi connectivity index (χ1) is 41.1. The molecule has 2 heterocycles. The Morgan fingerprint density at radius 2 is 0.762 bits per heavy atom. The molecular formula is C70H131NO13. The molecule has 0 spiro atoms. The first-order valence-corrected chi connectivity index (χ1v) is 35.2. The van der Waals surface area contributed by atoms with Gasteiger partial charge in [0.05, 0.1) is 32.0 Å². The molecule has 0 bridgehead atoms. The van der Waals surface area contributed by atoms with Crippen LogP contribution in [0, 0.1) is 0 Å². The predicted molar refractivity (Wildman–Crippen MR) is 341 cm³/mol. The summed E-state index contributed by atoms with van der Waals surface area (Å²) in [5, 5.41) is 87.3. The Balaban J connectivity index is 1.67. The van der Waals surface area contributed by atoms with Crippen molar-refractivity contribution in [3.8, 4) is 0 Å². The Labute approximate surface area is 512 Å². The van der Waals surface area contributed by atoms with Crippen LogP contribution in [-0.4, -0.2) is 140 Å². The highest BCUT2D eigenvalue weighted by molar-refractivity contribution is 5.76. The van der Waals surface area contributed by atoms with Crippen LogP contribution in [-0.2, 0) is 23.7 Å². The number of aliphatic hydroxyl groups is 8. The number of allylic oxidation sites excluding steroid dienone is 5. The highest BCUT2D eigenvalue weighted by atomic mass is 16.7. The summed E-state index contributed by atoms with van der Waals surface area (Å²) >= 11 is 0. The van der Waals surface area contributed by atoms with Gasteiger partial charge in [0.1, 0.15) is 48.8 Å². The molecule has 2 aliphatic heterocycles. The molecule has 12 atom stereocenters. The summed E-state index contributed by atoms with van der Waals surface area (Å²) in [5.74, 6) is -0.250. The molecule has 84 heavy (non-hydrogen) atoms. The van der Waals surface area contributed by atoms with Crippen molar-refractivity contribution in [2.45, 2.75) is 383 Å². The Morgan fingerprint density at radius 1 is 0.417 bits per heavy atom.